The van der Waals surface area contributed by atoms with Crippen LogP contribution in [0.3, 0.4) is 0 Å². The van der Waals surface area contributed by atoms with Gasteiger partial charge in [0.1, 0.15) is 24.0 Å². The van der Waals surface area contributed by atoms with Gasteiger partial charge in [-0.05, 0) is 114 Å². The second-order valence-electron chi connectivity index (χ2n) is 19.2. The number of piperidine rings is 1. The summed E-state index contributed by atoms with van der Waals surface area (Å²) in [5.41, 5.74) is 2.56. The molecule has 14 atom stereocenters. The first-order valence-corrected chi connectivity index (χ1v) is 23.4. The number of aliphatic hydroxyl groups is 3. The Morgan fingerprint density at radius 1 is 0.922 bits per heavy atom. The SMILES string of the molecule is COC1C[C@@H](C)C/C(C)=C/[C@@H](CCCc2cc[n+]([O-])cc2)C(=O)C[C@H](O)[C@@H](C)[C@@H](/C(C)=C/[C@@H]2CC[C@@H](O)[C@H](OC)C2)OC(=O)[C@@H]2CCCCN2C(=O)C(=O)[C@]2(O)O[C@H]1C(OC)C[C@H]2C. The van der Waals surface area contributed by atoms with Gasteiger partial charge in [0.2, 0.25) is 5.79 Å². The maximum atomic E-state index is 14.5. The number of esters is 1. The predicted molar refractivity (Wildman–Crippen MR) is 236 cm³/mol. The van der Waals surface area contributed by atoms with E-state index in [-0.39, 0.29) is 49.5 Å². The van der Waals surface area contributed by atoms with Crippen molar-refractivity contribution in [2.45, 2.75) is 173 Å². The molecule has 0 aromatic carbocycles. The zero-order valence-corrected chi connectivity index (χ0v) is 39.2. The molecule has 15 heteroatoms. The first kappa shape index (κ1) is 51.4. The summed E-state index contributed by atoms with van der Waals surface area (Å²) in [6.07, 6.45) is 7.25. The van der Waals surface area contributed by atoms with Crippen LogP contribution in [0.1, 0.15) is 117 Å². The molecule has 0 spiro atoms. The first-order chi connectivity index (χ1) is 30.4. The van der Waals surface area contributed by atoms with Crippen molar-refractivity contribution < 1.29 is 62.9 Å². The summed E-state index contributed by atoms with van der Waals surface area (Å²) in [4.78, 5) is 58.7. The van der Waals surface area contributed by atoms with Crippen LogP contribution in [-0.4, -0.2) is 126 Å². The van der Waals surface area contributed by atoms with Crippen molar-refractivity contribution in [1.82, 2.24) is 4.90 Å². The Balaban J connectivity index is 1.53. The monoisotopic (exact) mass is 899 g/mol. The van der Waals surface area contributed by atoms with E-state index in [1.807, 2.05) is 32.9 Å². The average Bonchev–Trinajstić information content (AvgIpc) is 3.27. The molecule has 3 aliphatic heterocycles. The van der Waals surface area contributed by atoms with Gasteiger partial charge >= 0.3 is 5.97 Å². The number of carbonyl (C=O) groups excluding carboxylic acids is 4. The van der Waals surface area contributed by atoms with Gasteiger partial charge in [0.15, 0.2) is 12.4 Å². The summed E-state index contributed by atoms with van der Waals surface area (Å²) < 4.78 is 30.7. The molecule has 2 saturated heterocycles. The molecule has 5 rings (SSSR count). The van der Waals surface area contributed by atoms with E-state index in [2.05, 4.69) is 0 Å². The first-order valence-electron chi connectivity index (χ1n) is 23.4. The van der Waals surface area contributed by atoms with Gasteiger partial charge in [-0.1, -0.05) is 38.5 Å². The van der Waals surface area contributed by atoms with Gasteiger partial charge in [-0.3, -0.25) is 14.4 Å². The third-order valence-corrected chi connectivity index (χ3v) is 14.3. The minimum absolute atomic E-state index is 0.0231. The number of ketones is 2. The lowest BCUT2D eigenvalue weighted by Crippen LogP contribution is -2.64. The molecule has 1 aromatic heterocycles. The number of pyridine rings is 1. The Morgan fingerprint density at radius 2 is 1.59 bits per heavy atom. The van der Waals surface area contributed by atoms with Crippen LogP contribution < -0.4 is 4.73 Å². The average molecular weight is 899 g/mol. The third-order valence-electron chi connectivity index (χ3n) is 14.3. The molecule has 358 valence electrons. The van der Waals surface area contributed by atoms with E-state index in [0.717, 1.165) is 15.9 Å². The van der Waals surface area contributed by atoms with Crippen molar-refractivity contribution in [3.63, 3.8) is 0 Å². The molecule has 3 fully saturated rings. The molecule has 1 amide bonds. The molecular formula is C49H74N2O13. The maximum absolute atomic E-state index is 14.5. The van der Waals surface area contributed by atoms with Crippen LogP contribution in [0.15, 0.2) is 47.8 Å². The van der Waals surface area contributed by atoms with Gasteiger partial charge in [0.25, 0.3) is 11.7 Å². The van der Waals surface area contributed by atoms with Crippen LogP contribution in [0.4, 0.5) is 0 Å². The zero-order valence-electron chi connectivity index (χ0n) is 39.2. The van der Waals surface area contributed by atoms with Crippen molar-refractivity contribution in [3.05, 3.63) is 58.6 Å². The van der Waals surface area contributed by atoms with E-state index >= 15 is 0 Å². The van der Waals surface area contributed by atoms with Crippen molar-refractivity contribution in [1.29, 1.82) is 0 Å². The largest absolute Gasteiger partial charge is 0.619 e. The lowest BCUT2D eigenvalue weighted by Gasteiger charge is -2.47. The molecule has 15 nitrogen and oxygen atoms in total. The third kappa shape index (κ3) is 12.6. The number of aryl methyl sites for hydroxylation is 1. The smallest absolute Gasteiger partial charge is 0.329 e. The maximum Gasteiger partial charge on any atom is 0.329 e. The number of Topliss-reactive ketones (excluding diaryl/α,β-unsaturated/α-hetero) is 2. The molecule has 4 aliphatic rings. The van der Waals surface area contributed by atoms with Gasteiger partial charge in [0, 0.05) is 64.2 Å². The minimum atomic E-state index is -2.53. The molecule has 1 saturated carbocycles. The van der Waals surface area contributed by atoms with Crippen molar-refractivity contribution >= 4 is 23.4 Å². The number of methoxy groups -OCH3 is 3. The standard InChI is InChI=1S/C49H74N2O13/c1-29-22-30(2)24-42(61-7)45-43(62-8)26-32(4)49(58,64-45)46(55)47(56)51-19-10-9-14-37(51)48(57)63-44(31(3)25-35-15-16-38(52)41(27-35)60-6)33(5)39(53)28-40(54)36(23-29)13-11-12-34-17-20-50(59)21-18-34/h17-18,20-21,23,25,30,32-33,35-39,41-45,52-53,58H,9-16,19,22,24,26-28H2,1-8H3/b29-23+,31-25+/t30-,32+,33+,35-,36+,37-,38+,39-,41+,42?,43?,44+,45+,49+/m0/s1. The van der Waals surface area contributed by atoms with Gasteiger partial charge in [-0.2, -0.15) is 4.73 Å². The molecule has 1 aromatic rings. The van der Waals surface area contributed by atoms with E-state index < -0.39 is 83.9 Å². The molecule has 1 aliphatic carbocycles. The highest BCUT2D eigenvalue weighted by Crippen LogP contribution is 2.39. The summed E-state index contributed by atoms with van der Waals surface area (Å²) in [5.74, 6) is -7.92. The van der Waals surface area contributed by atoms with Gasteiger partial charge in [-0.25, -0.2) is 4.79 Å². The second-order valence-corrected chi connectivity index (χ2v) is 19.2. The van der Waals surface area contributed by atoms with Crippen LogP contribution in [0.2, 0.25) is 0 Å². The molecule has 0 radical (unpaired) electrons. The quantitative estimate of drug-likeness (QED) is 0.101. The van der Waals surface area contributed by atoms with Gasteiger partial charge in [0.05, 0.1) is 30.5 Å². The number of nitrogens with zero attached hydrogens (tertiary/aromatic N) is 2. The topological polar surface area (TPSA) is 205 Å². The molecule has 2 unspecified atom stereocenters. The summed E-state index contributed by atoms with van der Waals surface area (Å²) >= 11 is 0. The fourth-order valence-electron chi connectivity index (χ4n) is 10.4. The summed E-state index contributed by atoms with van der Waals surface area (Å²) in [5, 5.41) is 46.2. The molecular weight excluding hydrogens is 825 g/mol. The zero-order chi connectivity index (χ0) is 46.9. The molecule has 3 N–H and O–H groups in total. The number of carbonyl (C=O) groups is 4. The number of aliphatic hydroxyl groups excluding tert-OH is 2. The summed E-state index contributed by atoms with van der Waals surface area (Å²) in [6, 6.07) is 2.36. The van der Waals surface area contributed by atoms with E-state index in [1.165, 1.54) is 31.5 Å². The summed E-state index contributed by atoms with van der Waals surface area (Å²) in [6.45, 7) is 9.26. The highest BCUT2D eigenvalue weighted by molar-refractivity contribution is 6.39. The normalized spacial score (nSPS) is 37.8. The molecule has 64 heavy (non-hydrogen) atoms. The van der Waals surface area contributed by atoms with Crippen LogP contribution >= 0.6 is 0 Å². The number of ether oxygens (including phenoxy) is 5. The van der Waals surface area contributed by atoms with E-state index in [1.54, 1.807) is 33.1 Å². The minimum Gasteiger partial charge on any atom is -0.619 e. The van der Waals surface area contributed by atoms with Crippen LogP contribution in [0, 0.1) is 34.8 Å². The number of allylic oxidation sites excluding steroid dienone is 3. The molecule has 2 bridgehead atoms. The van der Waals surface area contributed by atoms with Crippen molar-refractivity contribution in [2.24, 2.45) is 29.6 Å². The summed E-state index contributed by atoms with van der Waals surface area (Å²) in [7, 11) is 4.61. The second kappa shape index (κ2) is 23.2. The van der Waals surface area contributed by atoms with Gasteiger partial charge < -0.3 is 49.1 Å². The van der Waals surface area contributed by atoms with Crippen molar-refractivity contribution in [3.8, 4) is 0 Å². The number of hydrogen-bond donors (Lipinski definition) is 3. The number of aromatic nitrogens is 1. The lowest BCUT2D eigenvalue weighted by molar-refractivity contribution is -0.605. The highest BCUT2D eigenvalue weighted by Gasteiger charge is 2.56. The fourth-order valence-corrected chi connectivity index (χ4v) is 10.4. The molecule has 4 heterocycles. The number of fused-ring (bicyclic) bond motifs is 3. The Morgan fingerprint density at radius 3 is 2.27 bits per heavy atom. The predicted octanol–water partition coefficient (Wildman–Crippen LogP) is 4.72. The van der Waals surface area contributed by atoms with Crippen LogP contribution in [0.5, 0.6) is 0 Å². The lowest BCUT2D eigenvalue weighted by atomic mass is 9.81. The number of amides is 1. The number of rotatable bonds is 9. The number of hydrogen-bond acceptors (Lipinski definition) is 13. The van der Waals surface area contributed by atoms with E-state index in [0.29, 0.717) is 69.8 Å². The number of cyclic esters (lactones) is 1. The highest BCUT2D eigenvalue weighted by atomic mass is 16.7. The van der Waals surface area contributed by atoms with Crippen molar-refractivity contribution in [2.75, 3.05) is 27.9 Å². The van der Waals surface area contributed by atoms with E-state index in [4.69, 9.17) is 23.7 Å². The Bertz CT molecular complexity index is 1800. The Labute approximate surface area is 379 Å². The Kier molecular flexibility index (Phi) is 18.7. The van der Waals surface area contributed by atoms with Crippen LogP contribution in [0.25, 0.3) is 0 Å². The Hall–Kier alpha value is -3.57. The van der Waals surface area contributed by atoms with Crippen LogP contribution in [-0.2, 0) is 49.3 Å². The van der Waals surface area contributed by atoms with E-state index in [9.17, 15) is 39.7 Å². The van der Waals surface area contributed by atoms with Gasteiger partial charge in [-0.15, -0.1) is 0 Å². The fraction of sp³-hybridized carbons (Fsp3) is 0.735.